The van der Waals surface area contributed by atoms with Crippen molar-refractivity contribution in [2.45, 2.75) is 13.8 Å². The van der Waals surface area contributed by atoms with E-state index in [-0.39, 0.29) is 11.7 Å². The molecule has 0 atom stereocenters. The first-order valence-corrected chi connectivity index (χ1v) is 9.10. The highest BCUT2D eigenvalue weighted by Gasteiger charge is 2.24. The Hall–Kier alpha value is -2.97. The summed E-state index contributed by atoms with van der Waals surface area (Å²) in [6.07, 6.45) is 0. The van der Waals surface area contributed by atoms with Crippen LogP contribution in [0.4, 0.5) is 0 Å². The Kier molecular flexibility index (Phi) is 5.68. The summed E-state index contributed by atoms with van der Waals surface area (Å²) >= 11 is 0. The molecule has 0 bridgehead atoms. The average molecular weight is 361 g/mol. The number of benzene rings is 2. The Bertz CT molecular complexity index is 906. The second-order valence-corrected chi connectivity index (χ2v) is 7.00. The number of nitrogens with zero attached hydrogens (tertiary/aromatic N) is 3. The molecule has 1 aliphatic heterocycles. The predicted octanol–water partition coefficient (Wildman–Crippen LogP) is 2.82. The number of hydrogen-bond acceptors (Lipinski definition) is 4. The van der Waals surface area contributed by atoms with Gasteiger partial charge in [0.05, 0.1) is 18.2 Å². The topological polar surface area (TPSA) is 64.4 Å². The van der Waals surface area contributed by atoms with Crippen molar-refractivity contribution >= 4 is 11.7 Å². The average Bonchev–Trinajstić information content (AvgIpc) is 2.68. The van der Waals surface area contributed by atoms with Gasteiger partial charge in [-0.25, -0.2) is 0 Å². The van der Waals surface area contributed by atoms with E-state index < -0.39 is 0 Å². The van der Waals surface area contributed by atoms with Gasteiger partial charge in [-0.15, -0.1) is 0 Å². The summed E-state index contributed by atoms with van der Waals surface area (Å²) in [5.41, 5.74) is 3.95. The molecule has 5 heteroatoms. The highest BCUT2D eigenvalue weighted by molar-refractivity contribution is 5.99. The van der Waals surface area contributed by atoms with E-state index >= 15 is 0 Å². The van der Waals surface area contributed by atoms with E-state index in [1.807, 2.05) is 32.0 Å². The van der Waals surface area contributed by atoms with E-state index in [1.165, 1.54) is 0 Å². The molecule has 138 valence electrons. The Labute approximate surface area is 159 Å². The van der Waals surface area contributed by atoms with E-state index in [9.17, 15) is 9.59 Å². The van der Waals surface area contributed by atoms with Gasteiger partial charge < -0.3 is 4.90 Å². The highest BCUT2D eigenvalue weighted by atomic mass is 16.2. The van der Waals surface area contributed by atoms with Crippen LogP contribution in [0.5, 0.6) is 0 Å². The molecule has 0 N–H and O–H groups in total. The van der Waals surface area contributed by atoms with Gasteiger partial charge in [0.25, 0.3) is 5.91 Å². The maximum Gasteiger partial charge on any atom is 0.253 e. The lowest BCUT2D eigenvalue weighted by Gasteiger charge is -2.34. The van der Waals surface area contributed by atoms with Crippen LogP contribution in [-0.2, 0) is 0 Å². The van der Waals surface area contributed by atoms with Crippen molar-refractivity contribution in [3.8, 4) is 6.07 Å². The van der Waals surface area contributed by atoms with Crippen molar-refractivity contribution in [1.82, 2.24) is 9.80 Å². The summed E-state index contributed by atoms with van der Waals surface area (Å²) < 4.78 is 0. The van der Waals surface area contributed by atoms with Gasteiger partial charge >= 0.3 is 0 Å². The van der Waals surface area contributed by atoms with E-state index in [4.69, 9.17) is 5.26 Å². The fourth-order valence-electron chi connectivity index (χ4n) is 3.43. The van der Waals surface area contributed by atoms with Gasteiger partial charge in [0, 0.05) is 37.3 Å². The maximum absolute atomic E-state index is 12.6. The Morgan fingerprint density at radius 3 is 2.44 bits per heavy atom. The minimum atomic E-state index is -0.0625. The van der Waals surface area contributed by atoms with Crippen molar-refractivity contribution in [2.75, 3.05) is 32.7 Å². The van der Waals surface area contributed by atoms with Gasteiger partial charge in [0.2, 0.25) is 0 Å². The largest absolute Gasteiger partial charge is 0.336 e. The first-order chi connectivity index (χ1) is 13.0. The van der Waals surface area contributed by atoms with Gasteiger partial charge in [0.1, 0.15) is 0 Å². The minimum Gasteiger partial charge on any atom is -0.336 e. The molecule has 1 saturated heterocycles. The molecule has 0 radical (unpaired) electrons. The summed E-state index contributed by atoms with van der Waals surface area (Å²) in [7, 11) is 0. The summed E-state index contributed by atoms with van der Waals surface area (Å²) in [6.45, 7) is 6.85. The molecule has 0 aromatic heterocycles. The molecule has 2 aromatic rings. The smallest absolute Gasteiger partial charge is 0.253 e. The van der Waals surface area contributed by atoms with Crippen molar-refractivity contribution in [1.29, 1.82) is 5.26 Å². The first kappa shape index (κ1) is 18.8. The van der Waals surface area contributed by atoms with Crippen LogP contribution in [0.1, 0.15) is 37.4 Å². The monoisotopic (exact) mass is 361 g/mol. The van der Waals surface area contributed by atoms with E-state index in [0.29, 0.717) is 43.9 Å². The number of piperazine rings is 1. The minimum absolute atomic E-state index is 0.0625. The molecule has 5 nitrogen and oxygen atoms in total. The zero-order chi connectivity index (χ0) is 19.4. The lowest BCUT2D eigenvalue weighted by Crippen LogP contribution is -2.49. The quantitative estimate of drug-likeness (QED) is 0.786. The SMILES string of the molecule is Cc1ccc(C(=O)CN2CCN(C(=O)c3cccc(C#N)c3)CC2)c(C)c1. The Morgan fingerprint density at radius 1 is 1.04 bits per heavy atom. The van der Waals surface area contributed by atoms with Crippen molar-refractivity contribution in [3.63, 3.8) is 0 Å². The van der Waals surface area contributed by atoms with Crippen LogP contribution in [-0.4, -0.2) is 54.2 Å². The summed E-state index contributed by atoms with van der Waals surface area (Å²) in [6, 6.07) is 14.7. The number of ketones is 1. The Morgan fingerprint density at radius 2 is 1.78 bits per heavy atom. The zero-order valence-electron chi connectivity index (χ0n) is 15.7. The molecule has 27 heavy (non-hydrogen) atoms. The van der Waals surface area contributed by atoms with Crippen molar-refractivity contribution in [2.24, 2.45) is 0 Å². The van der Waals surface area contributed by atoms with Crippen LogP contribution in [0, 0.1) is 25.2 Å². The number of carbonyl (C=O) groups excluding carboxylic acids is 2. The van der Waals surface area contributed by atoms with E-state index in [0.717, 1.165) is 16.7 Å². The molecule has 3 rings (SSSR count). The third-order valence-electron chi connectivity index (χ3n) is 4.95. The van der Waals surface area contributed by atoms with Crippen LogP contribution in [0.15, 0.2) is 42.5 Å². The van der Waals surface area contributed by atoms with Crippen molar-refractivity contribution in [3.05, 3.63) is 70.3 Å². The summed E-state index contributed by atoms with van der Waals surface area (Å²) in [4.78, 5) is 29.1. The van der Waals surface area contributed by atoms with Crippen molar-refractivity contribution < 1.29 is 9.59 Å². The lowest BCUT2D eigenvalue weighted by molar-refractivity contribution is 0.0624. The molecule has 1 heterocycles. The second-order valence-electron chi connectivity index (χ2n) is 7.00. The molecular formula is C22H23N3O2. The number of aryl methyl sites for hydroxylation is 2. The van der Waals surface area contributed by atoms with Gasteiger partial charge in [-0.05, 0) is 37.6 Å². The molecule has 0 unspecified atom stereocenters. The third kappa shape index (κ3) is 4.42. The Balaban J connectivity index is 1.58. The number of rotatable bonds is 4. The van der Waals surface area contributed by atoms with Crippen LogP contribution >= 0.6 is 0 Å². The van der Waals surface area contributed by atoms with E-state index in [2.05, 4.69) is 11.0 Å². The van der Waals surface area contributed by atoms with E-state index in [1.54, 1.807) is 29.2 Å². The number of Topliss-reactive ketones (excluding diaryl/α,β-unsaturated/α-hetero) is 1. The molecule has 2 aromatic carbocycles. The van der Waals surface area contributed by atoms with Crippen LogP contribution in [0.3, 0.4) is 0 Å². The van der Waals surface area contributed by atoms with Crippen LogP contribution in [0.2, 0.25) is 0 Å². The van der Waals surface area contributed by atoms with Gasteiger partial charge in [0.15, 0.2) is 5.78 Å². The fourth-order valence-corrected chi connectivity index (χ4v) is 3.43. The fraction of sp³-hybridized carbons (Fsp3) is 0.318. The molecule has 1 fully saturated rings. The lowest BCUT2D eigenvalue weighted by atomic mass is 10.0. The van der Waals surface area contributed by atoms with Gasteiger partial charge in [-0.3, -0.25) is 14.5 Å². The molecular weight excluding hydrogens is 338 g/mol. The normalized spacial score (nSPS) is 14.6. The molecule has 1 amide bonds. The van der Waals surface area contributed by atoms with Gasteiger partial charge in [-0.1, -0.05) is 29.8 Å². The molecule has 1 aliphatic rings. The van der Waals surface area contributed by atoms with Crippen LogP contribution < -0.4 is 0 Å². The molecule has 0 saturated carbocycles. The summed E-state index contributed by atoms with van der Waals surface area (Å²) in [5, 5.41) is 8.99. The highest BCUT2D eigenvalue weighted by Crippen LogP contribution is 2.14. The number of hydrogen-bond donors (Lipinski definition) is 0. The summed E-state index contributed by atoms with van der Waals surface area (Å²) in [5.74, 6) is 0.0569. The number of carbonyl (C=O) groups is 2. The molecule has 0 aliphatic carbocycles. The van der Waals surface area contributed by atoms with Gasteiger partial charge in [-0.2, -0.15) is 5.26 Å². The maximum atomic E-state index is 12.6. The standard InChI is InChI=1S/C22H23N3O2/c1-16-6-7-20(17(2)12-16)21(26)15-24-8-10-25(11-9-24)22(27)19-5-3-4-18(13-19)14-23/h3-7,12-13H,8-11,15H2,1-2H3. The zero-order valence-corrected chi connectivity index (χ0v) is 15.7. The molecule has 0 spiro atoms. The van der Waals surface area contributed by atoms with Crippen LogP contribution in [0.25, 0.3) is 0 Å². The number of amides is 1. The third-order valence-corrected chi connectivity index (χ3v) is 4.95. The first-order valence-electron chi connectivity index (χ1n) is 9.10. The second kappa shape index (κ2) is 8.15. The number of nitriles is 1. The predicted molar refractivity (Wildman–Crippen MR) is 104 cm³/mol.